The van der Waals surface area contributed by atoms with Crippen LogP contribution in [-0.2, 0) is 22.6 Å². The summed E-state index contributed by atoms with van der Waals surface area (Å²) in [6, 6.07) is 19.0. The molecule has 0 bridgehead atoms. The molecule has 0 fully saturated rings. The number of aromatic nitrogens is 2. The van der Waals surface area contributed by atoms with E-state index in [0.29, 0.717) is 22.6 Å². The second kappa shape index (κ2) is 12.4. The van der Waals surface area contributed by atoms with Crippen molar-refractivity contribution in [3.05, 3.63) is 106 Å². The Labute approximate surface area is 244 Å². The quantitative estimate of drug-likeness (QED) is 0.345. The molecule has 4 aromatic rings. The van der Waals surface area contributed by atoms with Crippen LogP contribution in [0.4, 0.5) is 18.0 Å². The minimum Gasteiger partial charge on any atom is -0.448 e. The van der Waals surface area contributed by atoms with Gasteiger partial charge in [-0.15, -0.1) is 0 Å². The number of alkyl halides is 3. The van der Waals surface area contributed by atoms with E-state index in [-0.39, 0.29) is 52.4 Å². The number of hydrogen-bond donors (Lipinski definition) is 1. The van der Waals surface area contributed by atoms with Crippen LogP contribution < -0.4 is 34.9 Å². The van der Waals surface area contributed by atoms with E-state index in [2.05, 4.69) is 15.0 Å². The van der Waals surface area contributed by atoms with E-state index in [1.165, 1.54) is 42.6 Å². The number of nitrogens with zero attached hydrogens (tertiary/aromatic N) is 3. The predicted octanol–water partition coefficient (Wildman–Crippen LogP) is 3.23. The van der Waals surface area contributed by atoms with Gasteiger partial charge in [0.1, 0.15) is 0 Å². The molecule has 0 atom stereocenters. The van der Waals surface area contributed by atoms with Gasteiger partial charge in [0.25, 0.3) is 0 Å². The van der Waals surface area contributed by atoms with Gasteiger partial charge < -0.3 is 10.0 Å². The van der Waals surface area contributed by atoms with Crippen LogP contribution in [0, 0.1) is 0 Å². The number of imidazole rings is 1. The predicted molar refractivity (Wildman–Crippen MR) is 133 cm³/mol. The van der Waals surface area contributed by atoms with Gasteiger partial charge in [0.15, 0.2) is 6.03 Å². The minimum absolute atomic E-state index is 0. The first-order valence-corrected chi connectivity index (χ1v) is 12.7. The van der Waals surface area contributed by atoms with Gasteiger partial charge in [-0.3, -0.25) is 9.36 Å². The number of benzene rings is 3. The van der Waals surface area contributed by atoms with E-state index in [0.717, 1.165) is 4.57 Å². The maximum absolute atomic E-state index is 13.6. The summed E-state index contributed by atoms with van der Waals surface area (Å²) in [6.07, 6.45) is -3.03. The standard InChI is InChI=1S/C25H20ClF3N4O3S.Na/c26-19-8-12-21(13-9-19)37(35,36)32-24(34)30-15-14-17-6-10-20(11-7-17)33-16-22(18-4-2-1-3-5-18)31-23(33)25(27,28)29;/h1-13,16H,14-15H2,(H2,30,32,34);/q;+1/p-1. The van der Waals surface area contributed by atoms with Crippen molar-refractivity contribution in [2.24, 2.45) is 0 Å². The number of carbonyl (C=O) groups is 1. The van der Waals surface area contributed by atoms with Crippen molar-refractivity contribution in [1.82, 2.24) is 14.9 Å². The number of carbonyl (C=O) groups excluding carboxylic acids is 1. The number of amides is 2. The normalized spacial score (nSPS) is 11.5. The molecule has 3 aromatic carbocycles. The first-order valence-electron chi connectivity index (χ1n) is 10.9. The Morgan fingerprint density at radius 2 is 1.61 bits per heavy atom. The zero-order valence-corrected chi connectivity index (χ0v) is 23.6. The third-order valence-corrected chi connectivity index (χ3v) is 6.77. The molecule has 0 aliphatic heterocycles. The molecule has 0 radical (unpaired) electrons. The van der Waals surface area contributed by atoms with Gasteiger partial charge in [0.2, 0.25) is 15.8 Å². The summed E-state index contributed by atoms with van der Waals surface area (Å²) in [7, 11) is -4.19. The number of nitrogens with one attached hydrogen (secondary N) is 1. The minimum atomic E-state index is -4.66. The molecule has 1 heterocycles. The monoisotopic (exact) mass is 570 g/mol. The van der Waals surface area contributed by atoms with Crippen LogP contribution in [0.1, 0.15) is 11.4 Å². The molecule has 2 amide bonds. The Balaban J connectivity index is 0.00000400. The molecule has 4 rings (SSSR count). The van der Waals surface area contributed by atoms with E-state index < -0.39 is 28.1 Å². The van der Waals surface area contributed by atoms with Gasteiger partial charge in [-0.2, -0.15) is 13.2 Å². The van der Waals surface area contributed by atoms with Crippen LogP contribution in [-0.4, -0.2) is 30.5 Å². The Hall–Kier alpha value is -2.83. The van der Waals surface area contributed by atoms with Crippen LogP contribution in [0.5, 0.6) is 0 Å². The molecule has 13 heteroatoms. The van der Waals surface area contributed by atoms with Crippen molar-refractivity contribution < 1.29 is 55.9 Å². The molecule has 0 saturated heterocycles. The topological polar surface area (TPSA) is 95.2 Å². The van der Waals surface area contributed by atoms with Crippen LogP contribution >= 0.6 is 11.6 Å². The first kappa shape index (κ1) is 29.7. The van der Waals surface area contributed by atoms with Gasteiger partial charge in [0.05, 0.1) is 10.6 Å². The fraction of sp³-hybridized carbons (Fsp3) is 0.120. The Morgan fingerprint density at radius 3 is 2.21 bits per heavy atom. The van der Waals surface area contributed by atoms with Gasteiger partial charge in [-0.25, -0.2) is 13.4 Å². The molecule has 0 saturated carbocycles. The fourth-order valence-corrected chi connectivity index (χ4v) is 4.46. The fourth-order valence-electron chi connectivity index (χ4n) is 3.46. The molecule has 1 aromatic heterocycles. The number of urea groups is 1. The average molecular weight is 571 g/mol. The van der Waals surface area contributed by atoms with Crippen molar-refractivity contribution in [3.63, 3.8) is 0 Å². The van der Waals surface area contributed by atoms with Crippen molar-refractivity contribution >= 4 is 27.7 Å². The smallest absolute Gasteiger partial charge is 0.448 e. The number of halogens is 4. The van der Waals surface area contributed by atoms with E-state index >= 15 is 0 Å². The van der Waals surface area contributed by atoms with E-state index in [1.54, 1.807) is 42.5 Å². The summed E-state index contributed by atoms with van der Waals surface area (Å²) in [4.78, 5) is 15.6. The maximum atomic E-state index is 13.6. The first-order chi connectivity index (χ1) is 17.5. The Bertz CT molecular complexity index is 1500. The van der Waals surface area contributed by atoms with E-state index in [4.69, 9.17) is 11.6 Å². The summed E-state index contributed by atoms with van der Waals surface area (Å²) in [6.45, 7) is 0.0643. The molecule has 0 spiro atoms. The maximum Gasteiger partial charge on any atom is 1.00 e. The van der Waals surface area contributed by atoms with E-state index in [9.17, 15) is 26.4 Å². The SMILES string of the molecule is O=C([N-]S(=O)(=O)c1ccc(Cl)cc1)NCCc1ccc(-n2cc(-c3ccccc3)nc2C(F)(F)F)cc1.[Na+]. The van der Waals surface area contributed by atoms with Crippen LogP contribution in [0.15, 0.2) is 90.0 Å². The second-order valence-electron chi connectivity index (χ2n) is 7.85. The van der Waals surface area contributed by atoms with Crippen molar-refractivity contribution in [3.8, 4) is 16.9 Å². The second-order valence-corrected chi connectivity index (χ2v) is 9.89. The van der Waals surface area contributed by atoms with Crippen LogP contribution in [0.2, 0.25) is 5.02 Å². The number of sulfonamides is 1. The van der Waals surface area contributed by atoms with Crippen molar-refractivity contribution in [2.75, 3.05) is 6.54 Å². The molecule has 192 valence electrons. The molecule has 0 aliphatic rings. The summed E-state index contributed by atoms with van der Waals surface area (Å²) in [5.41, 5.74) is 1.72. The largest absolute Gasteiger partial charge is 1.00 e. The third kappa shape index (κ3) is 7.39. The van der Waals surface area contributed by atoms with E-state index in [1.807, 2.05) is 0 Å². The molecular formula is C25H19ClF3N4NaO3S. The zero-order valence-electron chi connectivity index (χ0n) is 20.0. The average Bonchev–Trinajstić information content (AvgIpc) is 3.31. The molecule has 1 N–H and O–H groups in total. The van der Waals surface area contributed by atoms with Gasteiger partial charge in [0, 0.05) is 22.5 Å². The summed E-state index contributed by atoms with van der Waals surface area (Å²) in [5.74, 6) is -1.05. The number of hydrogen-bond acceptors (Lipinski definition) is 4. The molecule has 7 nitrogen and oxygen atoms in total. The van der Waals surface area contributed by atoms with Gasteiger partial charge >= 0.3 is 35.7 Å². The van der Waals surface area contributed by atoms with Gasteiger partial charge in [-0.05, 0) is 54.9 Å². The van der Waals surface area contributed by atoms with Gasteiger partial charge in [-0.1, -0.05) is 54.1 Å². The van der Waals surface area contributed by atoms with Crippen molar-refractivity contribution in [2.45, 2.75) is 17.5 Å². The molecular weight excluding hydrogens is 552 g/mol. The zero-order chi connectivity index (χ0) is 26.6. The molecule has 0 aliphatic carbocycles. The summed E-state index contributed by atoms with van der Waals surface area (Å²) >= 11 is 5.73. The Morgan fingerprint density at radius 1 is 0.974 bits per heavy atom. The van der Waals surface area contributed by atoms with Crippen LogP contribution in [0.25, 0.3) is 21.7 Å². The Kier molecular flexibility index (Phi) is 9.66. The summed E-state index contributed by atoms with van der Waals surface area (Å²) < 4.78 is 69.5. The van der Waals surface area contributed by atoms with Crippen LogP contribution in [0.3, 0.4) is 0 Å². The summed E-state index contributed by atoms with van der Waals surface area (Å²) in [5, 5.41) is 2.73. The van der Waals surface area contributed by atoms with Crippen molar-refractivity contribution in [1.29, 1.82) is 0 Å². The third-order valence-electron chi connectivity index (χ3n) is 5.25. The molecule has 38 heavy (non-hydrogen) atoms. The number of rotatable bonds is 7. The molecule has 0 unspecified atom stereocenters.